The van der Waals surface area contributed by atoms with Crippen molar-refractivity contribution in [3.05, 3.63) is 18.0 Å². The Balaban J connectivity index is 2.05. The first-order chi connectivity index (χ1) is 7.18. The van der Waals surface area contributed by atoms with Gasteiger partial charge < -0.3 is 5.73 Å². The van der Waals surface area contributed by atoms with Gasteiger partial charge in [-0.2, -0.15) is 5.10 Å². The fraction of sp³-hybridized carbons (Fsp3) is 0.727. The highest BCUT2D eigenvalue weighted by Crippen LogP contribution is 2.43. The van der Waals surface area contributed by atoms with Gasteiger partial charge in [0, 0.05) is 25.7 Å². The van der Waals surface area contributed by atoms with E-state index in [1.54, 1.807) is 6.20 Å². The van der Waals surface area contributed by atoms with E-state index in [0.29, 0.717) is 6.42 Å². The van der Waals surface area contributed by atoms with Crippen molar-refractivity contribution < 1.29 is 4.39 Å². The first kappa shape index (κ1) is 10.6. The van der Waals surface area contributed by atoms with Crippen LogP contribution in [0.15, 0.2) is 12.4 Å². The predicted molar refractivity (Wildman–Crippen MR) is 57.2 cm³/mol. The third-order valence-corrected chi connectivity index (χ3v) is 3.16. The molecule has 1 aromatic rings. The van der Waals surface area contributed by atoms with Gasteiger partial charge in [0.1, 0.15) is 5.67 Å². The van der Waals surface area contributed by atoms with E-state index < -0.39 is 5.67 Å². The van der Waals surface area contributed by atoms with E-state index in [0.717, 1.165) is 24.9 Å². The van der Waals surface area contributed by atoms with Crippen molar-refractivity contribution in [2.45, 2.75) is 38.4 Å². The molecule has 1 fully saturated rings. The molecule has 3 nitrogen and oxygen atoms in total. The molecule has 0 aliphatic heterocycles. The molecule has 0 aromatic carbocycles. The van der Waals surface area contributed by atoms with Crippen molar-refractivity contribution in [2.75, 3.05) is 6.54 Å². The Hall–Kier alpha value is -0.900. The predicted octanol–water partition coefficient (Wildman–Crippen LogP) is 1.52. The smallest absolute Gasteiger partial charge is 0.130 e. The molecule has 84 valence electrons. The summed E-state index contributed by atoms with van der Waals surface area (Å²) in [6, 6.07) is 0. The van der Waals surface area contributed by atoms with Gasteiger partial charge in [-0.1, -0.05) is 0 Å². The minimum absolute atomic E-state index is 0.120. The lowest BCUT2D eigenvalue weighted by Gasteiger charge is -2.22. The Labute approximate surface area is 89.5 Å². The lowest BCUT2D eigenvalue weighted by Crippen LogP contribution is -2.37. The third kappa shape index (κ3) is 2.20. The zero-order valence-electron chi connectivity index (χ0n) is 9.12. The Morgan fingerprint density at radius 2 is 2.40 bits per heavy atom. The molecule has 0 radical (unpaired) electrons. The minimum Gasteiger partial charge on any atom is -0.328 e. The van der Waals surface area contributed by atoms with Gasteiger partial charge >= 0.3 is 0 Å². The summed E-state index contributed by atoms with van der Waals surface area (Å²) in [6.07, 6.45) is 6.03. The highest BCUT2D eigenvalue weighted by Gasteiger charge is 2.44. The Bertz CT molecular complexity index is 332. The van der Waals surface area contributed by atoms with E-state index in [-0.39, 0.29) is 12.5 Å². The number of hydrogen-bond acceptors (Lipinski definition) is 2. The molecule has 15 heavy (non-hydrogen) atoms. The van der Waals surface area contributed by atoms with Crippen LogP contribution in [0.5, 0.6) is 0 Å². The zero-order valence-corrected chi connectivity index (χ0v) is 9.12. The fourth-order valence-electron chi connectivity index (χ4n) is 1.99. The minimum atomic E-state index is -1.21. The summed E-state index contributed by atoms with van der Waals surface area (Å²) in [5, 5.41) is 4.14. The van der Waals surface area contributed by atoms with E-state index in [9.17, 15) is 4.39 Å². The second-order valence-corrected chi connectivity index (χ2v) is 4.39. The molecule has 1 aliphatic rings. The maximum atomic E-state index is 14.3. The maximum Gasteiger partial charge on any atom is 0.130 e. The van der Waals surface area contributed by atoms with Crippen LogP contribution in [0.4, 0.5) is 4.39 Å². The molecular weight excluding hydrogens is 193 g/mol. The zero-order chi connectivity index (χ0) is 10.9. The number of hydrogen-bond donors (Lipinski definition) is 1. The van der Waals surface area contributed by atoms with Crippen molar-refractivity contribution in [3.8, 4) is 0 Å². The summed E-state index contributed by atoms with van der Waals surface area (Å²) in [5.74, 6) is 0.174. The molecule has 2 rings (SSSR count). The van der Waals surface area contributed by atoms with Gasteiger partial charge in [0.25, 0.3) is 0 Å². The molecule has 1 aliphatic carbocycles. The van der Waals surface area contributed by atoms with Gasteiger partial charge in [-0.25, -0.2) is 4.39 Å². The molecule has 4 heteroatoms. The van der Waals surface area contributed by atoms with Crippen LogP contribution in [0.1, 0.15) is 25.3 Å². The molecular formula is C11H18FN3. The molecule has 0 saturated heterocycles. The van der Waals surface area contributed by atoms with E-state index in [2.05, 4.69) is 5.10 Å². The Morgan fingerprint density at radius 3 is 2.87 bits per heavy atom. The number of aryl methyl sites for hydroxylation is 1. The van der Waals surface area contributed by atoms with Crippen LogP contribution in [0.2, 0.25) is 0 Å². The maximum absolute atomic E-state index is 14.3. The van der Waals surface area contributed by atoms with Gasteiger partial charge in [0.2, 0.25) is 0 Å². The number of alkyl halides is 1. The van der Waals surface area contributed by atoms with Gasteiger partial charge in [-0.3, -0.25) is 4.68 Å². The van der Waals surface area contributed by atoms with Crippen molar-refractivity contribution in [1.29, 1.82) is 0 Å². The molecule has 1 atom stereocenters. The van der Waals surface area contributed by atoms with Crippen LogP contribution < -0.4 is 5.73 Å². The van der Waals surface area contributed by atoms with Crippen molar-refractivity contribution >= 4 is 0 Å². The second kappa shape index (κ2) is 3.93. The van der Waals surface area contributed by atoms with Crippen LogP contribution in [0.25, 0.3) is 0 Å². The highest BCUT2D eigenvalue weighted by molar-refractivity contribution is 5.12. The summed E-state index contributed by atoms with van der Waals surface area (Å²) < 4.78 is 16.2. The molecule has 0 bridgehead atoms. The highest BCUT2D eigenvalue weighted by atomic mass is 19.1. The monoisotopic (exact) mass is 211 g/mol. The van der Waals surface area contributed by atoms with Crippen LogP contribution in [-0.4, -0.2) is 22.0 Å². The first-order valence-electron chi connectivity index (χ1n) is 5.58. The van der Waals surface area contributed by atoms with Crippen LogP contribution in [0, 0.1) is 5.92 Å². The summed E-state index contributed by atoms with van der Waals surface area (Å²) in [5.41, 5.74) is 5.28. The quantitative estimate of drug-likeness (QED) is 0.802. The van der Waals surface area contributed by atoms with E-state index in [4.69, 9.17) is 5.73 Å². The van der Waals surface area contributed by atoms with Crippen molar-refractivity contribution in [3.63, 3.8) is 0 Å². The van der Waals surface area contributed by atoms with Crippen molar-refractivity contribution in [2.24, 2.45) is 11.7 Å². The SMILES string of the molecule is CCn1cc(CC(F)(CN)C2CC2)cn1. The van der Waals surface area contributed by atoms with Crippen LogP contribution in [0.3, 0.4) is 0 Å². The summed E-state index contributed by atoms with van der Waals surface area (Å²) in [7, 11) is 0. The number of rotatable bonds is 5. The van der Waals surface area contributed by atoms with E-state index in [1.807, 2.05) is 17.8 Å². The van der Waals surface area contributed by atoms with Crippen LogP contribution in [-0.2, 0) is 13.0 Å². The average molecular weight is 211 g/mol. The molecule has 0 spiro atoms. The van der Waals surface area contributed by atoms with E-state index >= 15 is 0 Å². The van der Waals surface area contributed by atoms with Gasteiger partial charge in [-0.05, 0) is 31.2 Å². The van der Waals surface area contributed by atoms with Gasteiger partial charge in [0.05, 0.1) is 6.20 Å². The molecule has 0 amide bonds. The molecule has 1 unspecified atom stereocenters. The normalized spacial score (nSPS) is 20.2. The average Bonchev–Trinajstić information content (AvgIpc) is 3.01. The lowest BCUT2D eigenvalue weighted by atomic mass is 9.93. The second-order valence-electron chi connectivity index (χ2n) is 4.39. The van der Waals surface area contributed by atoms with Crippen molar-refractivity contribution in [1.82, 2.24) is 9.78 Å². The fourth-order valence-corrected chi connectivity index (χ4v) is 1.99. The van der Waals surface area contributed by atoms with Crippen LogP contribution >= 0.6 is 0 Å². The summed E-state index contributed by atoms with van der Waals surface area (Å²) in [6.45, 7) is 2.96. The van der Waals surface area contributed by atoms with Gasteiger partial charge in [-0.15, -0.1) is 0 Å². The first-order valence-corrected chi connectivity index (χ1v) is 5.58. The topological polar surface area (TPSA) is 43.8 Å². The van der Waals surface area contributed by atoms with Gasteiger partial charge in [0.15, 0.2) is 0 Å². The van der Waals surface area contributed by atoms with E-state index in [1.165, 1.54) is 0 Å². The number of nitrogens with two attached hydrogens (primary N) is 1. The molecule has 1 aromatic heterocycles. The third-order valence-electron chi connectivity index (χ3n) is 3.16. The molecule has 1 saturated carbocycles. The number of nitrogens with zero attached hydrogens (tertiary/aromatic N) is 2. The Kier molecular flexibility index (Phi) is 2.78. The number of aromatic nitrogens is 2. The Morgan fingerprint density at radius 1 is 1.67 bits per heavy atom. The lowest BCUT2D eigenvalue weighted by molar-refractivity contribution is 0.142. The standard InChI is InChI=1S/C11H18FN3/c1-2-15-7-9(6-14-15)5-11(12,8-13)10-3-4-10/h6-7,10H,2-5,8,13H2,1H3. The summed E-state index contributed by atoms with van der Waals surface area (Å²) >= 11 is 0. The molecule has 1 heterocycles. The summed E-state index contributed by atoms with van der Waals surface area (Å²) in [4.78, 5) is 0. The largest absolute Gasteiger partial charge is 0.328 e. The number of halogens is 1. The molecule has 2 N–H and O–H groups in total.